The Morgan fingerprint density at radius 2 is 1.46 bits per heavy atom. The van der Waals surface area contributed by atoms with Gasteiger partial charge in [0, 0.05) is 40.8 Å². The smallest absolute Gasteiger partial charge is 0.341 e. The molecule has 0 radical (unpaired) electrons. The molecular formula is C41H47NO19. The van der Waals surface area contributed by atoms with Gasteiger partial charge >= 0.3 is 47.8 Å². The number of carbonyl (C=O) groups is 8. The number of rotatable bonds is 8. The highest BCUT2D eigenvalue weighted by atomic mass is 16.7. The number of fused-ring (bicyclic) bond motifs is 5. The fourth-order valence-corrected chi connectivity index (χ4v) is 9.54. The Bertz CT molecular complexity index is 2100. The van der Waals surface area contributed by atoms with Crippen molar-refractivity contribution in [2.75, 3.05) is 13.2 Å². The maximum absolute atomic E-state index is 14.3. The summed E-state index contributed by atoms with van der Waals surface area (Å²) in [6.07, 6.45) is -8.59. The Labute approximate surface area is 348 Å². The maximum Gasteiger partial charge on any atom is 0.341 e. The fourth-order valence-electron chi connectivity index (χ4n) is 9.54. The minimum atomic E-state index is -2.87. The quantitative estimate of drug-likeness (QED) is 0.293. The third kappa shape index (κ3) is 7.59. The van der Waals surface area contributed by atoms with E-state index in [0.29, 0.717) is 0 Å². The second kappa shape index (κ2) is 16.5. The number of hydrogen-bond donors (Lipinski definition) is 1. The van der Waals surface area contributed by atoms with Gasteiger partial charge in [-0.15, -0.1) is 0 Å². The Morgan fingerprint density at radius 1 is 0.836 bits per heavy atom. The number of hydrogen-bond acceptors (Lipinski definition) is 20. The standard InChI is InChI=1S/C41H47NO19/c1-19-11-12-27-26(10-9-14-42-27)37(50)54-17-38(7)28-29(55-21(3)44)33(57-23(5)46)40(18-53-20(2)43)34(58-24(6)47)30(59-36(49)25-13-15-52-16-25)32(60-35(19)48)39(8,51)41(40,61-38)31(28)56-22(4)45/h9-10,13-16,19,28-34,51H,11-12,17-18H2,1-8H3/t19?,28-,29-,30+,31?,32+,33-,34+,38+,39+,40-,41+/m1/s1. The highest BCUT2D eigenvalue weighted by Crippen LogP contribution is 2.70. The van der Waals surface area contributed by atoms with Crippen LogP contribution in [0.15, 0.2) is 41.3 Å². The molecule has 4 heterocycles. The molecule has 2 aromatic heterocycles. The predicted octanol–water partition coefficient (Wildman–Crippen LogP) is 1.75. The van der Waals surface area contributed by atoms with Crippen LogP contribution in [0.3, 0.4) is 0 Å². The molecule has 3 fully saturated rings. The number of aromatic nitrogens is 1. The summed E-state index contributed by atoms with van der Waals surface area (Å²) in [6.45, 7) is 7.05. The average Bonchev–Trinajstić information content (AvgIpc) is 3.79. The van der Waals surface area contributed by atoms with Gasteiger partial charge in [-0.25, -0.2) is 9.59 Å². The number of pyridine rings is 1. The number of nitrogens with zero attached hydrogens (tertiary/aromatic N) is 1. The molecule has 1 spiro atoms. The lowest BCUT2D eigenvalue weighted by Crippen LogP contribution is -2.89. The summed E-state index contributed by atoms with van der Waals surface area (Å²) in [7, 11) is 0. The number of aliphatic hydroxyl groups is 1. The zero-order chi connectivity index (χ0) is 44.8. The van der Waals surface area contributed by atoms with Crippen molar-refractivity contribution < 1.29 is 90.5 Å². The third-order valence-electron chi connectivity index (χ3n) is 11.8. The molecule has 2 saturated carbocycles. The van der Waals surface area contributed by atoms with Crippen LogP contribution in [0.25, 0.3) is 0 Å². The second-order valence-corrected chi connectivity index (χ2v) is 16.1. The van der Waals surface area contributed by atoms with E-state index in [1.807, 2.05) is 0 Å². The molecule has 2 aliphatic heterocycles. The average molecular weight is 858 g/mol. The summed E-state index contributed by atoms with van der Waals surface area (Å²) < 4.78 is 60.1. The van der Waals surface area contributed by atoms with Crippen LogP contribution in [0.1, 0.15) is 88.2 Å². The number of ether oxygens (including phenoxy) is 9. The SMILES string of the molecule is CC(=O)OC[C@]12[C@H](OC(C)=O)[C@H](OC(C)=O)[C@@H]3C(OC(C)=O)[C@@]14O[C@@]3(C)COC(=O)c1cccnc1CCC(C)C(=O)O[C@@H]([C@H](OC(=O)c1ccoc1)[C@@H]2OC(C)=O)[C@]4(C)O. The van der Waals surface area contributed by atoms with E-state index in [0.717, 1.165) is 54.1 Å². The number of carbonyl (C=O) groups excluding carboxylic acids is 8. The van der Waals surface area contributed by atoms with E-state index in [-0.39, 0.29) is 29.7 Å². The fraction of sp³-hybridized carbons (Fsp3) is 0.585. The first kappa shape index (κ1) is 44.7. The van der Waals surface area contributed by atoms with Crippen molar-refractivity contribution in [3.05, 3.63) is 53.7 Å². The molecule has 2 unspecified atom stereocenters. The lowest BCUT2D eigenvalue weighted by Gasteiger charge is -2.67. The van der Waals surface area contributed by atoms with Gasteiger partial charge in [0.25, 0.3) is 0 Å². The summed E-state index contributed by atoms with van der Waals surface area (Å²) in [6, 6.07) is 4.17. The van der Waals surface area contributed by atoms with Crippen molar-refractivity contribution in [2.45, 2.75) is 122 Å². The van der Waals surface area contributed by atoms with Crippen LogP contribution in [-0.4, -0.2) is 124 Å². The van der Waals surface area contributed by atoms with Gasteiger partial charge in [-0.2, -0.15) is 0 Å². The summed E-state index contributed by atoms with van der Waals surface area (Å²) >= 11 is 0. The minimum Gasteiger partial charge on any atom is -0.472 e. The van der Waals surface area contributed by atoms with Gasteiger partial charge in [0.1, 0.15) is 48.3 Å². The summed E-state index contributed by atoms with van der Waals surface area (Å²) in [5, 5.41) is 13.6. The monoisotopic (exact) mass is 857 g/mol. The van der Waals surface area contributed by atoms with Crippen molar-refractivity contribution in [1.82, 2.24) is 4.98 Å². The van der Waals surface area contributed by atoms with E-state index in [2.05, 4.69) is 4.98 Å². The number of cyclic esters (lactones) is 1. The molecule has 0 aromatic carbocycles. The van der Waals surface area contributed by atoms with Crippen LogP contribution in [-0.2, 0) is 77.8 Å². The lowest BCUT2D eigenvalue weighted by atomic mass is 9.45. The van der Waals surface area contributed by atoms with E-state index in [1.165, 1.54) is 38.2 Å². The van der Waals surface area contributed by atoms with Gasteiger partial charge in [-0.05, 0) is 44.9 Å². The van der Waals surface area contributed by atoms with Gasteiger partial charge in [-0.3, -0.25) is 33.8 Å². The van der Waals surface area contributed by atoms with Crippen LogP contribution >= 0.6 is 0 Å². The predicted molar refractivity (Wildman–Crippen MR) is 197 cm³/mol. The summed E-state index contributed by atoms with van der Waals surface area (Å²) in [5.74, 6) is -10.8. The molecule has 2 aromatic rings. The normalized spacial score (nSPS) is 35.4. The first-order valence-electron chi connectivity index (χ1n) is 19.4. The highest BCUT2D eigenvalue weighted by Gasteiger charge is 2.92. The molecule has 20 nitrogen and oxygen atoms in total. The second-order valence-electron chi connectivity index (χ2n) is 16.1. The first-order chi connectivity index (χ1) is 28.6. The molecular weight excluding hydrogens is 810 g/mol. The van der Waals surface area contributed by atoms with Gasteiger partial charge in [0.2, 0.25) is 0 Å². The van der Waals surface area contributed by atoms with Crippen molar-refractivity contribution in [3.8, 4) is 0 Å². The Balaban J connectivity index is 1.77. The molecule has 4 bridgehead atoms. The topological polar surface area (TPSA) is 266 Å². The summed E-state index contributed by atoms with van der Waals surface area (Å²) in [4.78, 5) is 113. The summed E-state index contributed by atoms with van der Waals surface area (Å²) in [5.41, 5.74) is -10.3. The van der Waals surface area contributed by atoms with Crippen molar-refractivity contribution in [2.24, 2.45) is 17.3 Å². The Hall–Kier alpha value is -5.89. The van der Waals surface area contributed by atoms with Gasteiger partial charge in [-0.1, -0.05) is 6.92 Å². The van der Waals surface area contributed by atoms with Crippen LogP contribution in [0.4, 0.5) is 0 Å². The molecule has 0 amide bonds. The van der Waals surface area contributed by atoms with Gasteiger partial charge < -0.3 is 52.2 Å². The lowest BCUT2D eigenvalue weighted by molar-refractivity contribution is -0.386. The largest absolute Gasteiger partial charge is 0.472 e. The zero-order valence-electron chi connectivity index (χ0n) is 34.7. The van der Waals surface area contributed by atoms with Crippen molar-refractivity contribution in [1.29, 1.82) is 0 Å². The van der Waals surface area contributed by atoms with Gasteiger partial charge in [0.15, 0.2) is 30.0 Å². The third-order valence-corrected chi connectivity index (χ3v) is 11.8. The van der Waals surface area contributed by atoms with Crippen molar-refractivity contribution >= 4 is 47.8 Å². The van der Waals surface area contributed by atoms with E-state index >= 15 is 0 Å². The minimum absolute atomic E-state index is 0.0163. The van der Waals surface area contributed by atoms with E-state index < -0.39 is 132 Å². The van der Waals surface area contributed by atoms with E-state index in [4.69, 9.17) is 47.0 Å². The van der Waals surface area contributed by atoms with Crippen LogP contribution in [0, 0.1) is 17.3 Å². The molecule has 1 saturated heterocycles. The molecule has 1 N–H and O–H groups in total. The van der Waals surface area contributed by atoms with Crippen LogP contribution in [0.2, 0.25) is 0 Å². The van der Waals surface area contributed by atoms with E-state index in [1.54, 1.807) is 0 Å². The van der Waals surface area contributed by atoms with Crippen LogP contribution in [0.5, 0.6) is 0 Å². The Kier molecular flexibility index (Phi) is 12.1. The molecule has 4 aliphatic rings. The highest BCUT2D eigenvalue weighted by molar-refractivity contribution is 5.91. The first-order valence-corrected chi connectivity index (χ1v) is 19.4. The maximum atomic E-state index is 14.3. The molecule has 2 aliphatic carbocycles. The number of furan rings is 1. The zero-order valence-corrected chi connectivity index (χ0v) is 34.7. The van der Waals surface area contributed by atoms with Gasteiger partial charge in [0.05, 0.1) is 34.9 Å². The van der Waals surface area contributed by atoms with Crippen LogP contribution < -0.4 is 0 Å². The molecule has 61 heavy (non-hydrogen) atoms. The molecule has 6 rings (SSSR count). The molecule has 20 heteroatoms. The van der Waals surface area contributed by atoms with E-state index in [9.17, 15) is 43.5 Å². The number of aryl methyl sites for hydroxylation is 1. The van der Waals surface area contributed by atoms with Crippen molar-refractivity contribution in [3.63, 3.8) is 0 Å². The molecule has 330 valence electrons. The molecule has 12 atom stereocenters. The number of esters is 8. The Morgan fingerprint density at radius 3 is 2.05 bits per heavy atom.